The lowest BCUT2D eigenvalue weighted by atomic mass is 10.3. The number of H-pyrrole nitrogens is 1. The molecule has 0 aliphatic carbocycles. The van der Waals surface area contributed by atoms with E-state index in [2.05, 4.69) is 35.8 Å². The molecular weight excluding hydrogens is 312 g/mol. The van der Waals surface area contributed by atoms with Gasteiger partial charge >= 0.3 is 0 Å². The Bertz CT molecular complexity index is 601. The first-order chi connectivity index (χ1) is 9.19. The quantitative estimate of drug-likeness (QED) is 0.913. The van der Waals surface area contributed by atoms with E-state index in [1.807, 2.05) is 13.1 Å². The fourth-order valence-electron chi connectivity index (χ4n) is 2.22. The predicted molar refractivity (Wildman–Crippen MR) is 75.8 cm³/mol. The van der Waals surface area contributed by atoms with E-state index in [1.54, 1.807) is 7.11 Å². The molecule has 3 heterocycles. The number of rotatable bonds is 2. The number of hydrogen-bond acceptors (Lipinski definition) is 5. The summed E-state index contributed by atoms with van der Waals surface area (Å²) in [4.78, 5) is 14.3. The van der Waals surface area contributed by atoms with Gasteiger partial charge in [0.2, 0.25) is 11.8 Å². The van der Waals surface area contributed by atoms with Gasteiger partial charge < -0.3 is 19.4 Å². The third-order valence-electron chi connectivity index (χ3n) is 3.15. The van der Waals surface area contributed by atoms with Crippen molar-refractivity contribution in [3.05, 3.63) is 10.7 Å². The predicted octanol–water partition coefficient (Wildman–Crippen LogP) is 1.95. The summed E-state index contributed by atoms with van der Waals surface area (Å²) in [5.74, 6) is 1.24. The Morgan fingerprint density at radius 2 is 2.37 bits per heavy atom. The Balaban J connectivity index is 2.05. The zero-order chi connectivity index (χ0) is 13.4. The molecule has 0 amide bonds. The van der Waals surface area contributed by atoms with Gasteiger partial charge in [-0.25, -0.2) is 4.98 Å². The second kappa shape index (κ2) is 4.97. The standard InChI is InChI=1S/C12H15BrN4O2/c1-7-6-17(3-4-19-7)12-15-9-8(13)5-14-10(9)11(16-12)18-2/h5,7,14H,3-4,6H2,1-2H3/t7-/m1/s1. The molecule has 0 aromatic carbocycles. The number of nitrogens with zero attached hydrogens (tertiary/aromatic N) is 3. The highest BCUT2D eigenvalue weighted by atomic mass is 79.9. The van der Waals surface area contributed by atoms with E-state index in [-0.39, 0.29) is 6.10 Å². The first kappa shape index (κ1) is 12.7. The molecule has 1 aliphatic heterocycles. The van der Waals surface area contributed by atoms with Crippen molar-refractivity contribution in [1.82, 2.24) is 15.0 Å². The molecule has 0 saturated carbocycles. The van der Waals surface area contributed by atoms with E-state index in [0.717, 1.165) is 28.6 Å². The average Bonchev–Trinajstić information content (AvgIpc) is 2.80. The zero-order valence-corrected chi connectivity index (χ0v) is 12.4. The minimum atomic E-state index is 0.189. The molecule has 3 rings (SSSR count). The number of halogens is 1. The summed E-state index contributed by atoms with van der Waals surface area (Å²) in [5, 5.41) is 0. The number of morpholine rings is 1. The number of anilines is 1. The first-order valence-corrected chi connectivity index (χ1v) is 6.93. The highest BCUT2D eigenvalue weighted by molar-refractivity contribution is 9.10. The Kier molecular flexibility index (Phi) is 3.32. The van der Waals surface area contributed by atoms with Gasteiger partial charge in [0.05, 0.1) is 24.3 Å². The number of ether oxygens (including phenoxy) is 2. The van der Waals surface area contributed by atoms with Crippen LogP contribution in [0.3, 0.4) is 0 Å². The SMILES string of the molecule is COc1nc(N2CCO[C@H](C)C2)nc2c(Br)c[nH]c12. The lowest BCUT2D eigenvalue weighted by Gasteiger charge is -2.31. The van der Waals surface area contributed by atoms with E-state index >= 15 is 0 Å². The van der Waals surface area contributed by atoms with Crippen molar-refractivity contribution in [3.63, 3.8) is 0 Å². The topological polar surface area (TPSA) is 63.3 Å². The van der Waals surface area contributed by atoms with Gasteiger partial charge in [0.25, 0.3) is 0 Å². The number of nitrogens with one attached hydrogen (secondary N) is 1. The molecule has 7 heteroatoms. The fraction of sp³-hybridized carbons (Fsp3) is 0.500. The number of hydrogen-bond donors (Lipinski definition) is 1. The normalized spacial score (nSPS) is 19.9. The lowest BCUT2D eigenvalue weighted by Crippen LogP contribution is -2.42. The largest absolute Gasteiger partial charge is 0.479 e. The van der Waals surface area contributed by atoms with Crippen LogP contribution in [0, 0.1) is 0 Å². The van der Waals surface area contributed by atoms with Gasteiger partial charge in [0.1, 0.15) is 11.0 Å². The van der Waals surface area contributed by atoms with Crippen LogP contribution in [0.15, 0.2) is 10.7 Å². The molecule has 1 atom stereocenters. The van der Waals surface area contributed by atoms with Gasteiger partial charge in [0.15, 0.2) is 0 Å². The average molecular weight is 327 g/mol. The molecule has 0 spiro atoms. The summed E-state index contributed by atoms with van der Waals surface area (Å²) in [5.41, 5.74) is 1.64. The van der Waals surface area contributed by atoms with Crippen LogP contribution in [0.5, 0.6) is 5.88 Å². The molecule has 6 nitrogen and oxygen atoms in total. The monoisotopic (exact) mass is 326 g/mol. The van der Waals surface area contributed by atoms with Crippen LogP contribution in [0.4, 0.5) is 5.95 Å². The van der Waals surface area contributed by atoms with E-state index in [0.29, 0.717) is 18.4 Å². The fourth-order valence-corrected chi connectivity index (χ4v) is 2.63. The lowest BCUT2D eigenvalue weighted by molar-refractivity contribution is 0.0526. The van der Waals surface area contributed by atoms with Crippen molar-refractivity contribution < 1.29 is 9.47 Å². The van der Waals surface area contributed by atoms with Gasteiger partial charge in [-0.1, -0.05) is 0 Å². The summed E-state index contributed by atoms with van der Waals surface area (Å²) >= 11 is 3.48. The molecule has 0 bridgehead atoms. The summed E-state index contributed by atoms with van der Waals surface area (Å²) in [6.45, 7) is 4.32. The summed E-state index contributed by atoms with van der Waals surface area (Å²) in [6, 6.07) is 0. The Hall–Kier alpha value is -1.34. The second-order valence-electron chi connectivity index (χ2n) is 4.52. The van der Waals surface area contributed by atoms with E-state index in [9.17, 15) is 0 Å². The van der Waals surface area contributed by atoms with Crippen molar-refractivity contribution in [3.8, 4) is 5.88 Å². The van der Waals surface area contributed by atoms with E-state index in [1.165, 1.54) is 0 Å². The van der Waals surface area contributed by atoms with Crippen LogP contribution in [-0.2, 0) is 4.74 Å². The van der Waals surface area contributed by atoms with Crippen molar-refractivity contribution in [2.75, 3.05) is 31.7 Å². The number of fused-ring (bicyclic) bond motifs is 1. The molecule has 19 heavy (non-hydrogen) atoms. The molecule has 0 unspecified atom stereocenters. The second-order valence-corrected chi connectivity index (χ2v) is 5.37. The minimum absolute atomic E-state index is 0.189. The molecule has 2 aromatic heterocycles. The van der Waals surface area contributed by atoms with Crippen LogP contribution in [0.25, 0.3) is 11.0 Å². The van der Waals surface area contributed by atoms with Crippen molar-refractivity contribution >= 4 is 32.9 Å². The van der Waals surface area contributed by atoms with Gasteiger partial charge in [-0.2, -0.15) is 4.98 Å². The highest BCUT2D eigenvalue weighted by Gasteiger charge is 2.21. The molecule has 1 saturated heterocycles. The summed E-state index contributed by atoms with van der Waals surface area (Å²) < 4.78 is 11.8. The third-order valence-corrected chi connectivity index (χ3v) is 3.76. The molecule has 1 N–H and O–H groups in total. The molecule has 1 fully saturated rings. The van der Waals surface area contributed by atoms with Crippen molar-refractivity contribution in [2.24, 2.45) is 0 Å². The molecular formula is C12H15BrN4O2. The molecule has 0 radical (unpaired) electrons. The van der Waals surface area contributed by atoms with Crippen LogP contribution >= 0.6 is 15.9 Å². The van der Waals surface area contributed by atoms with Gasteiger partial charge in [-0.3, -0.25) is 0 Å². The minimum Gasteiger partial charge on any atom is -0.479 e. The third kappa shape index (κ3) is 2.28. The first-order valence-electron chi connectivity index (χ1n) is 6.14. The van der Waals surface area contributed by atoms with Crippen LogP contribution < -0.4 is 9.64 Å². The number of aromatic nitrogens is 3. The number of methoxy groups -OCH3 is 1. The molecule has 1 aliphatic rings. The zero-order valence-electron chi connectivity index (χ0n) is 10.8. The van der Waals surface area contributed by atoms with E-state index in [4.69, 9.17) is 9.47 Å². The smallest absolute Gasteiger partial charge is 0.243 e. The maximum atomic E-state index is 5.54. The molecule has 102 valence electrons. The van der Waals surface area contributed by atoms with E-state index < -0.39 is 0 Å². The van der Waals surface area contributed by atoms with Gasteiger partial charge in [-0.05, 0) is 22.9 Å². The molecule has 2 aromatic rings. The Morgan fingerprint density at radius 1 is 1.53 bits per heavy atom. The van der Waals surface area contributed by atoms with Crippen LogP contribution in [0.1, 0.15) is 6.92 Å². The Morgan fingerprint density at radius 3 is 3.11 bits per heavy atom. The van der Waals surface area contributed by atoms with Crippen molar-refractivity contribution in [2.45, 2.75) is 13.0 Å². The van der Waals surface area contributed by atoms with Crippen LogP contribution in [-0.4, -0.2) is 47.9 Å². The number of aromatic amines is 1. The maximum Gasteiger partial charge on any atom is 0.243 e. The van der Waals surface area contributed by atoms with Gasteiger partial charge in [0, 0.05) is 19.3 Å². The maximum absolute atomic E-state index is 5.54. The van der Waals surface area contributed by atoms with Gasteiger partial charge in [-0.15, -0.1) is 0 Å². The summed E-state index contributed by atoms with van der Waals surface area (Å²) in [7, 11) is 1.61. The summed E-state index contributed by atoms with van der Waals surface area (Å²) in [6.07, 6.45) is 2.03. The Labute approximate surface area is 119 Å². The highest BCUT2D eigenvalue weighted by Crippen LogP contribution is 2.30. The van der Waals surface area contributed by atoms with Crippen molar-refractivity contribution in [1.29, 1.82) is 0 Å². The van der Waals surface area contributed by atoms with Crippen LogP contribution in [0.2, 0.25) is 0 Å².